The molecule has 2 nitrogen and oxygen atoms in total. The summed E-state index contributed by atoms with van der Waals surface area (Å²) in [5.74, 6) is 0.164. The van der Waals surface area contributed by atoms with Crippen LogP contribution in [0.3, 0.4) is 0 Å². The van der Waals surface area contributed by atoms with E-state index in [2.05, 4.69) is 5.32 Å². The number of thiophene rings is 1. The van der Waals surface area contributed by atoms with Crippen LogP contribution in [0.5, 0.6) is 0 Å². The summed E-state index contributed by atoms with van der Waals surface area (Å²) >= 11 is 1.77. The third kappa shape index (κ3) is 1.81. The van der Waals surface area contributed by atoms with Crippen molar-refractivity contribution in [1.82, 2.24) is 5.32 Å². The molecule has 1 saturated carbocycles. The predicted molar refractivity (Wildman–Crippen MR) is 61.4 cm³/mol. The number of aryl methyl sites for hydroxylation is 1. The van der Waals surface area contributed by atoms with Crippen LogP contribution in [0.1, 0.15) is 46.5 Å². The van der Waals surface area contributed by atoms with Crippen molar-refractivity contribution in [2.24, 2.45) is 0 Å². The van der Waals surface area contributed by atoms with Gasteiger partial charge < -0.3 is 5.32 Å². The van der Waals surface area contributed by atoms with E-state index < -0.39 is 0 Å². The van der Waals surface area contributed by atoms with Crippen LogP contribution in [0.15, 0.2) is 5.38 Å². The maximum Gasteiger partial charge on any atom is 0.252 e. The molecule has 0 aliphatic heterocycles. The zero-order chi connectivity index (χ0) is 10.3. The first kappa shape index (κ1) is 9.40. The van der Waals surface area contributed by atoms with E-state index in [9.17, 15) is 4.79 Å². The van der Waals surface area contributed by atoms with Gasteiger partial charge in [-0.25, -0.2) is 0 Å². The number of nitrogens with one attached hydrogen (secondary N) is 1. The maximum atomic E-state index is 11.9. The van der Waals surface area contributed by atoms with E-state index in [-0.39, 0.29) is 5.91 Å². The third-order valence-electron chi connectivity index (χ3n) is 3.22. The molecule has 1 N–H and O–H groups in total. The Morgan fingerprint density at radius 1 is 1.33 bits per heavy atom. The van der Waals surface area contributed by atoms with E-state index in [0.29, 0.717) is 6.04 Å². The summed E-state index contributed by atoms with van der Waals surface area (Å²) < 4.78 is 0. The summed E-state index contributed by atoms with van der Waals surface area (Å²) in [7, 11) is 0. The van der Waals surface area contributed by atoms with Crippen molar-refractivity contribution in [2.45, 2.75) is 44.6 Å². The molecule has 1 heterocycles. The summed E-state index contributed by atoms with van der Waals surface area (Å²) in [6, 6.07) is 0.469. The minimum absolute atomic E-state index is 0.164. The lowest BCUT2D eigenvalue weighted by Gasteiger charge is -2.12. The number of fused-ring (bicyclic) bond motifs is 1. The molecular formula is C12H15NOS. The molecule has 2 aliphatic carbocycles. The Bertz CT molecular complexity index is 392. The molecule has 3 heteroatoms. The number of rotatable bonds is 2. The van der Waals surface area contributed by atoms with Gasteiger partial charge in [-0.2, -0.15) is 0 Å². The van der Waals surface area contributed by atoms with E-state index in [0.717, 1.165) is 24.8 Å². The molecule has 0 radical (unpaired) electrons. The van der Waals surface area contributed by atoms with Crippen molar-refractivity contribution in [1.29, 1.82) is 0 Å². The van der Waals surface area contributed by atoms with E-state index in [1.807, 2.05) is 5.38 Å². The molecular weight excluding hydrogens is 206 g/mol. The Morgan fingerprint density at radius 3 is 2.93 bits per heavy atom. The second-order valence-corrected chi connectivity index (χ2v) is 5.47. The monoisotopic (exact) mass is 221 g/mol. The summed E-state index contributed by atoms with van der Waals surface area (Å²) in [5.41, 5.74) is 2.30. The second kappa shape index (κ2) is 3.63. The van der Waals surface area contributed by atoms with Crippen LogP contribution in [0.2, 0.25) is 0 Å². The standard InChI is InChI=1S/C12H15NOS/c14-12(13-8-5-6-8)10-7-15-11-4-2-1-3-9(10)11/h7-8H,1-6H2,(H,13,14). The fourth-order valence-electron chi connectivity index (χ4n) is 2.18. The molecule has 2 aliphatic rings. The van der Waals surface area contributed by atoms with Crippen molar-refractivity contribution in [3.63, 3.8) is 0 Å². The van der Waals surface area contributed by atoms with E-state index in [4.69, 9.17) is 0 Å². The SMILES string of the molecule is O=C(NC1CC1)c1csc2c1CCCC2. The van der Waals surface area contributed by atoms with E-state index in [1.165, 1.54) is 29.7 Å². The molecule has 0 saturated heterocycles. The molecule has 1 aromatic rings. The molecule has 1 amide bonds. The van der Waals surface area contributed by atoms with Crippen molar-refractivity contribution >= 4 is 17.2 Å². The molecule has 0 unspecified atom stereocenters. The van der Waals surface area contributed by atoms with E-state index in [1.54, 1.807) is 11.3 Å². The first-order valence-corrected chi connectivity index (χ1v) is 6.62. The number of hydrogen-bond acceptors (Lipinski definition) is 2. The topological polar surface area (TPSA) is 29.1 Å². The highest BCUT2D eigenvalue weighted by molar-refractivity contribution is 7.10. The highest BCUT2D eigenvalue weighted by Gasteiger charge is 2.26. The fraction of sp³-hybridized carbons (Fsp3) is 0.583. The first-order chi connectivity index (χ1) is 7.34. The smallest absolute Gasteiger partial charge is 0.252 e. The van der Waals surface area contributed by atoms with Gasteiger partial charge in [-0.15, -0.1) is 11.3 Å². The van der Waals surface area contributed by atoms with Gasteiger partial charge in [-0.3, -0.25) is 4.79 Å². The lowest BCUT2D eigenvalue weighted by atomic mass is 9.96. The lowest BCUT2D eigenvalue weighted by Crippen LogP contribution is -2.26. The Morgan fingerprint density at radius 2 is 2.13 bits per heavy atom. The highest BCUT2D eigenvalue weighted by Crippen LogP contribution is 2.30. The zero-order valence-corrected chi connectivity index (χ0v) is 9.53. The van der Waals surface area contributed by atoms with E-state index >= 15 is 0 Å². The second-order valence-electron chi connectivity index (χ2n) is 4.51. The van der Waals surface area contributed by atoms with Gasteiger partial charge in [0.1, 0.15) is 0 Å². The summed E-state index contributed by atoms with van der Waals surface area (Å²) in [6.45, 7) is 0. The van der Waals surface area contributed by atoms with Crippen LogP contribution in [0.25, 0.3) is 0 Å². The summed E-state index contributed by atoms with van der Waals surface area (Å²) in [6.07, 6.45) is 7.14. The molecule has 0 atom stereocenters. The average Bonchev–Trinajstić information content (AvgIpc) is 2.96. The number of carbonyl (C=O) groups excluding carboxylic acids is 1. The van der Waals surface area contributed by atoms with Gasteiger partial charge in [-0.05, 0) is 44.1 Å². The largest absolute Gasteiger partial charge is 0.349 e. The van der Waals surface area contributed by atoms with Gasteiger partial charge in [0.05, 0.1) is 5.56 Å². The Kier molecular flexibility index (Phi) is 2.28. The molecule has 3 rings (SSSR count). The van der Waals surface area contributed by atoms with Gasteiger partial charge in [0.15, 0.2) is 0 Å². The number of hydrogen-bond donors (Lipinski definition) is 1. The first-order valence-electron chi connectivity index (χ1n) is 5.74. The van der Waals surface area contributed by atoms with Crippen molar-refractivity contribution in [2.75, 3.05) is 0 Å². The Balaban J connectivity index is 1.83. The minimum atomic E-state index is 0.164. The van der Waals surface area contributed by atoms with Gasteiger partial charge in [0.25, 0.3) is 5.91 Å². The van der Waals surface area contributed by atoms with Crippen LogP contribution in [-0.4, -0.2) is 11.9 Å². The van der Waals surface area contributed by atoms with Crippen molar-refractivity contribution < 1.29 is 4.79 Å². The molecule has 0 aromatic carbocycles. The molecule has 1 aromatic heterocycles. The Hall–Kier alpha value is -0.830. The molecule has 0 bridgehead atoms. The highest BCUT2D eigenvalue weighted by atomic mass is 32.1. The zero-order valence-electron chi connectivity index (χ0n) is 8.71. The molecule has 80 valence electrons. The van der Waals surface area contributed by atoms with Crippen molar-refractivity contribution in [3.8, 4) is 0 Å². The quantitative estimate of drug-likeness (QED) is 0.817. The van der Waals surface area contributed by atoms with Crippen LogP contribution >= 0.6 is 11.3 Å². The maximum absolute atomic E-state index is 11.9. The van der Waals surface area contributed by atoms with Crippen LogP contribution < -0.4 is 5.32 Å². The Labute approximate surface area is 93.7 Å². The summed E-state index contributed by atoms with van der Waals surface area (Å²) in [4.78, 5) is 13.4. The molecule has 15 heavy (non-hydrogen) atoms. The van der Waals surface area contributed by atoms with Crippen LogP contribution in [-0.2, 0) is 12.8 Å². The minimum Gasteiger partial charge on any atom is -0.349 e. The average molecular weight is 221 g/mol. The summed E-state index contributed by atoms with van der Waals surface area (Å²) in [5, 5.41) is 5.12. The van der Waals surface area contributed by atoms with Crippen molar-refractivity contribution in [3.05, 3.63) is 21.4 Å². The number of amides is 1. The normalized spacial score (nSPS) is 19.7. The third-order valence-corrected chi connectivity index (χ3v) is 4.31. The molecule has 0 spiro atoms. The lowest BCUT2D eigenvalue weighted by molar-refractivity contribution is 0.0950. The van der Waals surface area contributed by atoms with Gasteiger partial charge in [0.2, 0.25) is 0 Å². The van der Waals surface area contributed by atoms with Gasteiger partial charge in [0, 0.05) is 16.3 Å². The van der Waals surface area contributed by atoms with Gasteiger partial charge >= 0.3 is 0 Å². The fourth-order valence-corrected chi connectivity index (χ4v) is 3.30. The molecule has 1 fully saturated rings. The predicted octanol–water partition coefficient (Wildman–Crippen LogP) is 2.52. The van der Waals surface area contributed by atoms with Crippen LogP contribution in [0.4, 0.5) is 0 Å². The number of carbonyl (C=O) groups is 1. The van der Waals surface area contributed by atoms with Gasteiger partial charge in [-0.1, -0.05) is 0 Å². The van der Waals surface area contributed by atoms with Crippen LogP contribution in [0, 0.1) is 0 Å².